The lowest BCUT2D eigenvalue weighted by Gasteiger charge is -2.27. The second kappa shape index (κ2) is 9.64. The van der Waals surface area contributed by atoms with Crippen LogP contribution in [0.1, 0.15) is 20.3 Å². The predicted octanol–water partition coefficient (Wildman–Crippen LogP) is 0.883. The largest absolute Gasteiger partial charge is 0.340 e. The number of amides is 1. The molecule has 0 aromatic heterocycles. The van der Waals surface area contributed by atoms with E-state index in [1.807, 2.05) is 16.7 Å². The Kier molecular flexibility index (Phi) is 8.46. The van der Waals surface area contributed by atoms with Crippen LogP contribution in [0.25, 0.3) is 0 Å². The zero-order valence-electron chi connectivity index (χ0n) is 11.8. The van der Waals surface area contributed by atoms with Crippen molar-refractivity contribution in [3.63, 3.8) is 0 Å². The molecule has 0 saturated carbocycles. The molecule has 1 saturated heterocycles. The molecule has 1 fully saturated rings. The van der Waals surface area contributed by atoms with Gasteiger partial charge in [-0.3, -0.25) is 4.79 Å². The summed E-state index contributed by atoms with van der Waals surface area (Å²) in [5, 5.41) is 3.27. The van der Waals surface area contributed by atoms with E-state index in [0.717, 1.165) is 57.3 Å². The molecule has 18 heavy (non-hydrogen) atoms. The summed E-state index contributed by atoms with van der Waals surface area (Å²) in [7, 11) is 0. The van der Waals surface area contributed by atoms with Crippen LogP contribution in [0.3, 0.4) is 0 Å². The molecule has 5 heteroatoms. The van der Waals surface area contributed by atoms with Gasteiger partial charge in [-0.1, -0.05) is 13.8 Å². The zero-order chi connectivity index (χ0) is 13.2. The van der Waals surface area contributed by atoms with Crippen molar-refractivity contribution < 1.29 is 4.79 Å². The highest BCUT2D eigenvalue weighted by Gasteiger charge is 2.15. The van der Waals surface area contributed by atoms with Gasteiger partial charge in [0.05, 0.1) is 0 Å². The van der Waals surface area contributed by atoms with Gasteiger partial charge in [-0.25, -0.2) is 0 Å². The molecule has 0 atom stereocenters. The number of carbonyl (C=O) groups excluding carboxylic acids is 1. The van der Waals surface area contributed by atoms with Gasteiger partial charge in [0.1, 0.15) is 0 Å². The summed E-state index contributed by atoms with van der Waals surface area (Å²) in [6.07, 6.45) is 0.697. The van der Waals surface area contributed by atoms with E-state index in [4.69, 9.17) is 0 Å². The third-order valence-electron chi connectivity index (χ3n) is 3.38. The monoisotopic (exact) mass is 273 g/mol. The van der Waals surface area contributed by atoms with E-state index < -0.39 is 0 Å². The van der Waals surface area contributed by atoms with Crippen LogP contribution in [-0.4, -0.2) is 73.0 Å². The Morgan fingerprint density at radius 1 is 1.22 bits per heavy atom. The molecule has 106 valence electrons. The van der Waals surface area contributed by atoms with Crippen LogP contribution < -0.4 is 5.32 Å². The molecule has 0 aliphatic carbocycles. The zero-order valence-corrected chi connectivity index (χ0v) is 12.6. The molecule has 1 N–H and O–H groups in total. The van der Waals surface area contributed by atoms with Gasteiger partial charge in [0.15, 0.2) is 0 Å². The summed E-state index contributed by atoms with van der Waals surface area (Å²) in [5.74, 6) is 2.42. The summed E-state index contributed by atoms with van der Waals surface area (Å²) in [6.45, 7) is 11.4. The first kappa shape index (κ1) is 15.8. The van der Waals surface area contributed by atoms with Crippen LogP contribution in [0, 0.1) is 0 Å². The highest BCUT2D eigenvalue weighted by atomic mass is 32.2. The fourth-order valence-corrected chi connectivity index (χ4v) is 2.98. The fourth-order valence-electron chi connectivity index (χ4n) is 2.07. The minimum atomic E-state index is 0.326. The lowest BCUT2D eigenvalue weighted by molar-refractivity contribution is -0.131. The average Bonchev–Trinajstić information content (AvgIpc) is 2.43. The van der Waals surface area contributed by atoms with Crippen LogP contribution >= 0.6 is 11.8 Å². The minimum Gasteiger partial charge on any atom is -0.340 e. The normalized spacial score (nSPS) is 16.3. The van der Waals surface area contributed by atoms with Crippen molar-refractivity contribution in [1.82, 2.24) is 15.1 Å². The number of thioether (sulfide) groups is 1. The van der Waals surface area contributed by atoms with E-state index in [-0.39, 0.29) is 0 Å². The maximum atomic E-state index is 11.9. The topological polar surface area (TPSA) is 35.6 Å². The van der Waals surface area contributed by atoms with E-state index in [1.165, 1.54) is 0 Å². The predicted molar refractivity (Wildman–Crippen MR) is 79.2 cm³/mol. The van der Waals surface area contributed by atoms with E-state index in [9.17, 15) is 4.79 Å². The molecule has 0 radical (unpaired) electrons. The maximum Gasteiger partial charge on any atom is 0.223 e. The summed E-state index contributed by atoms with van der Waals surface area (Å²) < 4.78 is 0. The smallest absolute Gasteiger partial charge is 0.223 e. The summed E-state index contributed by atoms with van der Waals surface area (Å²) in [6, 6.07) is 0. The standard InChI is InChI=1S/C13H27N3OS/c1-3-15(4-2)10-12-18-11-5-13(17)16-8-6-14-7-9-16/h14H,3-12H2,1-2H3. The molecule has 0 spiro atoms. The Morgan fingerprint density at radius 3 is 2.50 bits per heavy atom. The van der Waals surface area contributed by atoms with Crippen LogP contribution in [0.15, 0.2) is 0 Å². The van der Waals surface area contributed by atoms with Gasteiger partial charge in [0, 0.05) is 50.7 Å². The summed E-state index contributed by atoms with van der Waals surface area (Å²) >= 11 is 1.90. The van der Waals surface area contributed by atoms with Crippen LogP contribution in [0.2, 0.25) is 0 Å². The minimum absolute atomic E-state index is 0.326. The van der Waals surface area contributed by atoms with Gasteiger partial charge >= 0.3 is 0 Å². The number of piperazine rings is 1. The fraction of sp³-hybridized carbons (Fsp3) is 0.923. The molecule has 0 bridgehead atoms. The number of hydrogen-bond donors (Lipinski definition) is 1. The number of nitrogens with zero attached hydrogens (tertiary/aromatic N) is 2. The molecule has 0 aromatic carbocycles. The Bertz CT molecular complexity index is 228. The van der Waals surface area contributed by atoms with Crippen molar-refractivity contribution in [2.45, 2.75) is 20.3 Å². The molecule has 0 aromatic rings. The first-order valence-corrected chi connectivity index (χ1v) is 8.22. The van der Waals surface area contributed by atoms with Crippen LogP contribution in [0.5, 0.6) is 0 Å². The maximum absolute atomic E-state index is 11.9. The average molecular weight is 273 g/mol. The first-order chi connectivity index (χ1) is 8.77. The van der Waals surface area contributed by atoms with Crippen LogP contribution in [-0.2, 0) is 4.79 Å². The molecule has 1 aliphatic heterocycles. The van der Waals surface area contributed by atoms with E-state index in [0.29, 0.717) is 12.3 Å². The van der Waals surface area contributed by atoms with Crippen molar-refractivity contribution in [1.29, 1.82) is 0 Å². The molecule has 0 unspecified atom stereocenters. The van der Waals surface area contributed by atoms with Crippen molar-refractivity contribution >= 4 is 17.7 Å². The Hall–Kier alpha value is -0.260. The molecular formula is C13H27N3OS. The molecule has 1 amide bonds. The molecule has 1 aliphatic rings. The number of hydrogen-bond acceptors (Lipinski definition) is 4. The van der Waals surface area contributed by atoms with E-state index >= 15 is 0 Å². The third-order valence-corrected chi connectivity index (χ3v) is 4.34. The highest BCUT2D eigenvalue weighted by Crippen LogP contribution is 2.06. The summed E-state index contributed by atoms with van der Waals surface area (Å²) in [4.78, 5) is 16.3. The Morgan fingerprint density at radius 2 is 1.89 bits per heavy atom. The Balaban J connectivity index is 2.01. The lowest BCUT2D eigenvalue weighted by atomic mass is 10.3. The van der Waals surface area contributed by atoms with Gasteiger partial charge in [-0.05, 0) is 13.1 Å². The van der Waals surface area contributed by atoms with Crippen molar-refractivity contribution in [3.8, 4) is 0 Å². The van der Waals surface area contributed by atoms with Gasteiger partial charge in [-0.2, -0.15) is 11.8 Å². The van der Waals surface area contributed by atoms with Gasteiger partial charge in [0.25, 0.3) is 0 Å². The van der Waals surface area contributed by atoms with Gasteiger partial charge in [-0.15, -0.1) is 0 Å². The van der Waals surface area contributed by atoms with Crippen molar-refractivity contribution in [2.75, 3.05) is 57.3 Å². The number of rotatable bonds is 8. The van der Waals surface area contributed by atoms with E-state index in [2.05, 4.69) is 24.1 Å². The number of nitrogens with one attached hydrogen (secondary N) is 1. The van der Waals surface area contributed by atoms with Gasteiger partial charge < -0.3 is 15.1 Å². The molecule has 4 nitrogen and oxygen atoms in total. The first-order valence-electron chi connectivity index (χ1n) is 7.06. The van der Waals surface area contributed by atoms with Crippen molar-refractivity contribution in [3.05, 3.63) is 0 Å². The van der Waals surface area contributed by atoms with Crippen molar-refractivity contribution in [2.24, 2.45) is 0 Å². The molecule has 1 rings (SSSR count). The quantitative estimate of drug-likeness (QED) is 0.666. The Labute approximate surface area is 115 Å². The van der Waals surface area contributed by atoms with E-state index in [1.54, 1.807) is 0 Å². The van der Waals surface area contributed by atoms with Gasteiger partial charge in [0.2, 0.25) is 5.91 Å². The molecule has 1 heterocycles. The number of carbonyl (C=O) groups is 1. The third kappa shape index (κ3) is 6.07. The molecular weight excluding hydrogens is 246 g/mol. The second-order valence-corrected chi connectivity index (χ2v) is 5.74. The SMILES string of the molecule is CCN(CC)CCSCCC(=O)N1CCNCC1. The summed E-state index contributed by atoms with van der Waals surface area (Å²) in [5.41, 5.74) is 0. The van der Waals surface area contributed by atoms with Crippen LogP contribution in [0.4, 0.5) is 0 Å². The lowest BCUT2D eigenvalue weighted by Crippen LogP contribution is -2.46. The second-order valence-electron chi connectivity index (χ2n) is 4.52. The highest BCUT2D eigenvalue weighted by molar-refractivity contribution is 7.99.